The van der Waals surface area contributed by atoms with Crippen LogP contribution in [0.2, 0.25) is 0 Å². The van der Waals surface area contributed by atoms with Crippen LogP contribution in [0.3, 0.4) is 0 Å². The molecule has 1 amide bonds. The number of rotatable bonds is 6. The minimum absolute atomic E-state index is 0.0588. The maximum absolute atomic E-state index is 12.0. The van der Waals surface area contributed by atoms with E-state index in [0.717, 1.165) is 5.56 Å². The van der Waals surface area contributed by atoms with E-state index in [2.05, 4.69) is 0 Å². The van der Waals surface area contributed by atoms with Crippen LogP contribution in [0.4, 0.5) is 4.79 Å². The Hall–Kier alpha value is -2.57. The first-order chi connectivity index (χ1) is 10.6. The number of esters is 1. The molecule has 1 aliphatic rings. The molecule has 1 N–H and O–H groups in total. The summed E-state index contributed by atoms with van der Waals surface area (Å²) < 4.78 is 10.0. The summed E-state index contributed by atoms with van der Waals surface area (Å²) >= 11 is 0. The Balaban J connectivity index is 1.87. The van der Waals surface area contributed by atoms with Gasteiger partial charge < -0.3 is 14.6 Å². The Morgan fingerprint density at radius 3 is 2.73 bits per heavy atom. The molecule has 1 saturated heterocycles. The van der Waals surface area contributed by atoms with Crippen molar-refractivity contribution in [2.24, 2.45) is 0 Å². The summed E-state index contributed by atoms with van der Waals surface area (Å²) in [6, 6.07) is 8.40. The third-order valence-electron chi connectivity index (χ3n) is 3.30. The summed E-state index contributed by atoms with van der Waals surface area (Å²) in [6.45, 7) is -0.0591. The summed E-state index contributed by atoms with van der Waals surface area (Å²) in [6.07, 6.45) is -0.171. The summed E-state index contributed by atoms with van der Waals surface area (Å²) in [4.78, 5) is 35.3. The minimum atomic E-state index is -0.940. The monoisotopic (exact) mass is 307 g/mol. The quantitative estimate of drug-likeness (QED) is 0.805. The van der Waals surface area contributed by atoms with Crippen LogP contribution in [0.1, 0.15) is 24.8 Å². The largest absolute Gasteiger partial charge is 0.481 e. The van der Waals surface area contributed by atoms with Gasteiger partial charge in [-0.3, -0.25) is 9.69 Å². The van der Waals surface area contributed by atoms with Crippen LogP contribution < -0.4 is 0 Å². The lowest BCUT2D eigenvalue weighted by Gasteiger charge is -2.19. The van der Waals surface area contributed by atoms with Crippen molar-refractivity contribution in [3.8, 4) is 0 Å². The summed E-state index contributed by atoms with van der Waals surface area (Å²) in [5.41, 5.74) is 0.838. The molecule has 1 atom stereocenters. The number of nitrogens with zero attached hydrogens (tertiary/aromatic N) is 1. The zero-order valence-corrected chi connectivity index (χ0v) is 11.9. The molecule has 1 aliphatic heterocycles. The topological polar surface area (TPSA) is 93.1 Å². The highest BCUT2D eigenvalue weighted by atomic mass is 16.6. The number of carboxylic acids is 1. The van der Waals surface area contributed by atoms with E-state index >= 15 is 0 Å². The van der Waals surface area contributed by atoms with Gasteiger partial charge in [-0.15, -0.1) is 0 Å². The molecule has 0 saturated carbocycles. The predicted octanol–water partition coefficient (Wildman–Crippen LogP) is 1.76. The van der Waals surface area contributed by atoms with Gasteiger partial charge in [0.2, 0.25) is 0 Å². The van der Waals surface area contributed by atoms with Gasteiger partial charge in [0, 0.05) is 6.42 Å². The Morgan fingerprint density at radius 2 is 2.05 bits per heavy atom. The lowest BCUT2D eigenvalue weighted by atomic mass is 10.1. The van der Waals surface area contributed by atoms with Gasteiger partial charge in [0.1, 0.15) is 12.6 Å². The second-order valence-electron chi connectivity index (χ2n) is 4.90. The zero-order valence-electron chi connectivity index (χ0n) is 11.9. The number of aliphatic carboxylic acids is 1. The SMILES string of the molecule is O=C(O)CCC[C@H]1C(=O)OCN1C(=O)OCc1ccccc1. The fraction of sp³-hybridized carbons (Fsp3) is 0.400. The van der Waals surface area contributed by atoms with Crippen molar-refractivity contribution < 1.29 is 29.0 Å². The first-order valence-electron chi connectivity index (χ1n) is 6.93. The molecule has 1 heterocycles. The van der Waals surface area contributed by atoms with Crippen LogP contribution in [0.5, 0.6) is 0 Å². The van der Waals surface area contributed by atoms with Crippen molar-refractivity contribution in [2.75, 3.05) is 6.73 Å². The highest BCUT2D eigenvalue weighted by molar-refractivity contribution is 5.83. The smallest absolute Gasteiger partial charge is 0.413 e. The molecule has 0 unspecified atom stereocenters. The molecule has 0 spiro atoms. The highest BCUT2D eigenvalue weighted by Crippen LogP contribution is 2.19. The van der Waals surface area contributed by atoms with E-state index in [1.807, 2.05) is 30.3 Å². The average Bonchev–Trinajstić information content (AvgIpc) is 2.87. The standard InChI is InChI=1S/C15H17NO6/c17-13(18)8-4-7-12-14(19)22-10-16(12)15(20)21-9-11-5-2-1-3-6-11/h1-3,5-6,12H,4,7-10H2,(H,17,18)/t12-/m0/s1. The molecule has 7 heteroatoms. The van der Waals surface area contributed by atoms with E-state index in [9.17, 15) is 14.4 Å². The number of carboxylic acid groups (broad SMARTS) is 1. The molecule has 0 radical (unpaired) electrons. The number of hydrogen-bond donors (Lipinski definition) is 1. The Morgan fingerprint density at radius 1 is 1.32 bits per heavy atom. The van der Waals surface area contributed by atoms with Crippen molar-refractivity contribution in [1.82, 2.24) is 4.90 Å². The fourth-order valence-corrected chi connectivity index (χ4v) is 2.15. The zero-order chi connectivity index (χ0) is 15.9. The summed E-state index contributed by atoms with van der Waals surface area (Å²) in [7, 11) is 0. The predicted molar refractivity (Wildman–Crippen MR) is 74.7 cm³/mol. The van der Waals surface area contributed by atoms with Gasteiger partial charge in [0.25, 0.3) is 0 Å². The first kappa shape index (κ1) is 15.8. The second-order valence-corrected chi connectivity index (χ2v) is 4.90. The Labute approximate surface area is 127 Å². The van der Waals surface area contributed by atoms with E-state index in [1.165, 1.54) is 4.90 Å². The molecule has 0 aliphatic carbocycles. The van der Waals surface area contributed by atoms with E-state index in [4.69, 9.17) is 14.6 Å². The van der Waals surface area contributed by atoms with E-state index in [-0.39, 0.29) is 32.6 Å². The normalized spacial score (nSPS) is 17.2. The maximum atomic E-state index is 12.0. The lowest BCUT2D eigenvalue weighted by molar-refractivity contribution is -0.140. The molecule has 0 aromatic heterocycles. The number of ether oxygens (including phenoxy) is 2. The molecule has 1 aromatic rings. The number of carbonyl (C=O) groups excluding carboxylic acids is 2. The average molecular weight is 307 g/mol. The Bertz CT molecular complexity index is 544. The lowest BCUT2D eigenvalue weighted by Crippen LogP contribution is -2.38. The third-order valence-corrected chi connectivity index (χ3v) is 3.30. The summed E-state index contributed by atoms with van der Waals surface area (Å²) in [5, 5.41) is 8.62. The fourth-order valence-electron chi connectivity index (χ4n) is 2.15. The molecular formula is C15H17NO6. The first-order valence-corrected chi connectivity index (χ1v) is 6.93. The van der Waals surface area contributed by atoms with Crippen molar-refractivity contribution >= 4 is 18.0 Å². The van der Waals surface area contributed by atoms with Crippen molar-refractivity contribution in [2.45, 2.75) is 31.9 Å². The van der Waals surface area contributed by atoms with Gasteiger partial charge >= 0.3 is 18.0 Å². The van der Waals surface area contributed by atoms with Crippen LogP contribution in [0.15, 0.2) is 30.3 Å². The molecule has 118 valence electrons. The van der Waals surface area contributed by atoms with E-state index < -0.39 is 24.1 Å². The van der Waals surface area contributed by atoms with Gasteiger partial charge in [-0.1, -0.05) is 30.3 Å². The Kier molecular flexibility index (Phi) is 5.35. The molecule has 1 fully saturated rings. The van der Waals surface area contributed by atoms with Gasteiger partial charge in [-0.05, 0) is 18.4 Å². The number of cyclic esters (lactones) is 1. The van der Waals surface area contributed by atoms with Gasteiger partial charge in [0.05, 0.1) is 0 Å². The number of benzene rings is 1. The van der Waals surface area contributed by atoms with E-state index in [0.29, 0.717) is 0 Å². The second kappa shape index (κ2) is 7.44. The minimum Gasteiger partial charge on any atom is -0.481 e. The van der Waals surface area contributed by atoms with Gasteiger partial charge in [0.15, 0.2) is 6.73 Å². The van der Waals surface area contributed by atoms with Crippen LogP contribution in [0, 0.1) is 0 Å². The molecular weight excluding hydrogens is 290 g/mol. The van der Waals surface area contributed by atoms with Gasteiger partial charge in [-0.2, -0.15) is 0 Å². The number of hydrogen-bond acceptors (Lipinski definition) is 5. The number of amides is 1. The van der Waals surface area contributed by atoms with Crippen molar-refractivity contribution in [3.63, 3.8) is 0 Å². The third kappa shape index (κ3) is 4.21. The van der Waals surface area contributed by atoms with Crippen LogP contribution in [-0.2, 0) is 25.7 Å². The molecule has 7 nitrogen and oxygen atoms in total. The van der Waals surface area contributed by atoms with Gasteiger partial charge in [-0.25, -0.2) is 9.59 Å². The summed E-state index contributed by atoms with van der Waals surface area (Å²) in [5.74, 6) is -1.47. The van der Waals surface area contributed by atoms with E-state index in [1.54, 1.807) is 0 Å². The van der Waals surface area contributed by atoms with Crippen LogP contribution in [-0.4, -0.2) is 40.8 Å². The molecule has 22 heavy (non-hydrogen) atoms. The molecule has 2 rings (SSSR count). The van der Waals surface area contributed by atoms with Crippen molar-refractivity contribution in [3.05, 3.63) is 35.9 Å². The number of carbonyl (C=O) groups is 3. The molecule has 1 aromatic carbocycles. The van der Waals surface area contributed by atoms with Crippen molar-refractivity contribution in [1.29, 1.82) is 0 Å². The highest BCUT2D eigenvalue weighted by Gasteiger charge is 2.38. The maximum Gasteiger partial charge on any atom is 0.413 e. The van der Waals surface area contributed by atoms with Crippen LogP contribution in [0.25, 0.3) is 0 Å². The van der Waals surface area contributed by atoms with Crippen LogP contribution >= 0.6 is 0 Å². The molecule has 0 bridgehead atoms.